The number of amides is 1. The zero-order valence-corrected chi connectivity index (χ0v) is 16.1. The lowest BCUT2D eigenvalue weighted by atomic mass is 9.97. The molecule has 1 N–H and O–H groups in total. The van der Waals surface area contributed by atoms with Crippen LogP contribution in [0.3, 0.4) is 0 Å². The Bertz CT molecular complexity index is 987. The van der Waals surface area contributed by atoms with Gasteiger partial charge < -0.3 is 5.32 Å². The number of nitrogens with zero attached hydrogens (tertiary/aromatic N) is 1. The molecule has 1 aliphatic rings. The average Bonchev–Trinajstić information content (AvgIpc) is 3.15. The summed E-state index contributed by atoms with van der Waals surface area (Å²) >= 11 is 1.64. The number of benzene rings is 2. The van der Waals surface area contributed by atoms with Crippen molar-refractivity contribution in [3.63, 3.8) is 0 Å². The Morgan fingerprint density at radius 2 is 1.96 bits per heavy atom. The number of aryl methyl sites for hydroxylation is 2. The lowest BCUT2D eigenvalue weighted by Crippen LogP contribution is -2.30. The molecule has 2 aromatic carbocycles. The van der Waals surface area contributed by atoms with Gasteiger partial charge in [-0.1, -0.05) is 36.4 Å². The second kappa shape index (κ2) is 8.19. The fraction of sp³-hybridized carbons (Fsp3) is 0.273. The van der Waals surface area contributed by atoms with Gasteiger partial charge in [-0.25, -0.2) is 13.8 Å². The van der Waals surface area contributed by atoms with E-state index in [4.69, 9.17) is 4.98 Å². The largest absolute Gasteiger partial charge is 0.348 e. The van der Waals surface area contributed by atoms with Crippen molar-refractivity contribution < 1.29 is 13.6 Å². The lowest BCUT2D eigenvalue weighted by Gasteiger charge is -2.22. The fourth-order valence-corrected chi connectivity index (χ4v) is 4.68. The van der Waals surface area contributed by atoms with E-state index in [1.54, 1.807) is 11.3 Å². The molecular weight excluding hydrogens is 378 g/mol. The van der Waals surface area contributed by atoms with Crippen LogP contribution in [0.2, 0.25) is 0 Å². The van der Waals surface area contributed by atoms with Crippen LogP contribution in [-0.2, 0) is 17.6 Å². The molecule has 0 unspecified atom stereocenters. The number of fused-ring (bicyclic) bond motifs is 1. The van der Waals surface area contributed by atoms with Crippen molar-refractivity contribution in [2.75, 3.05) is 0 Å². The van der Waals surface area contributed by atoms with Gasteiger partial charge in [0.05, 0.1) is 16.6 Å². The third-order valence-electron chi connectivity index (χ3n) is 4.93. The minimum Gasteiger partial charge on any atom is -0.348 e. The van der Waals surface area contributed by atoms with E-state index in [-0.39, 0.29) is 18.4 Å². The minimum absolute atomic E-state index is 0.0313. The van der Waals surface area contributed by atoms with Gasteiger partial charge in [-0.3, -0.25) is 4.79 Å². The molecule has 0 aliphatic heterocycles. The average molecular weight is 398 g/mol. The summed E-state index contributed by atoms with van der Waals surface area (Å²) in [4.78, 5) is 18.3. The number of aromatic nitrogens is 1. The number of hydrogen-bond donors (Lipinski definition) is 1. The van der Waals surface area contributed by atoms with Crippen LogP contribution < -0.4 is 5.32 Å². The van der Waals surface area contributed by atoms with Crippen molar-refractivity contribution in [1.82, 2.24) is 10.3 Å². The van der Waals surface area contributed by atoms with E-state index >= 15 is 0 Å². The first-order chi connectivity index (χ1) is 13.6. The van der Waals surface area contributed by atoms with Crippen LogP contribution in [0.4, 0.5) is 8.78 Å². The Hall–Kier alpha value is -2.60. The second-order valence-corrected chi connectivity index (χ2v) is 7.99. The summed E-state index contributed by atoms with van der Waals surface area (Å²) in [6.07, 6.45) is 3.42. The molecule has 0 bridgehead atoms. The first kappa shape index (κ1) is 18.7. The highest BCUT2D eigenvalue weighted by molar-refractivity contribution is 7.15. The maximum Gasteiger partial charge on any atom is 0.220 e. The monoisotopic (exact) mass is 398 g/mol. The van der Waals surface area contributed by atoms with E-state index in [0.717, 1.165) is 52.5 Å². The van der Waals surface area contributed by atoms with Crippen LogP contribution in [0.15, 0.2) is 48.5 Å². The highest BCUT2D eigenvalue weighted by Crippen LogP contribution is 2.37. The van der Waals surface area contributed by atoms with E-state index < -0.39 is 11.6 Å². The van der Waals surface area contributed by atoms with Crippen molar-refractivity contribution in [2.45, 2.75) is 38.1 Å². The Morgan fingerprint density at radius 1 is 1.14 bits per heavy atom. The highest BCUT2D eigenvalue weighted by atomic mass is 32.1. The summed E-state index contributed by atoms with van der Waals surface area (Å²) in [5.41, 5.74) is 2.77. The number of rotatable bonds is 5. The molecule has 0 saturated heterocycles. The smallest absolute Gasteiger partial charge is 0.220 e. The molecule has 1 heterocycles. The number of nitrogens with one attached hydrogen (secondary N) is 1. The zero-order valence-electron chi connectivity index (χ0n) is 15.3. The number of thiazole rings is 1. The number of halogens is 2. The molecule has 3 nitrogen and oxygen atoms in total. The van der Waals surface area contributed by atoms with Crippen molar-refractivity contribution in [1.29, 1.82) is 0 Å². The molecule has 6 heteroatoms. The topological polar surface area (TPSA) is 42.0 Å². The van der Waals surface area contributed by atoms with Gasteiger partial charge in [0.1, 0.15) is 5.01 Å². The Kier molecular flexibility index (Phi) is 5.48. The Balaban J connectivity index is 1.42. The number of carbonyl (C=O) groups excluding carboxylic acids is 1. The van der Waals surface area contributed by atoms with E-state index in [2.05, 4.69) is 5.32 Å². The summed E-state index contributed by atoms with van der Waals surface area (Å²) in [6, 6.07) is 13.8. The van der Waals surface area contributed by atoms with Crippen molar-refractivity contribution >= 4 is 17.2 Å². The first-order valence-corrected chi connectivity index (χ1v) is 10.2. The highest BCUT2D eigenvalue weighted by Gasteiger charge is 2.26. The third-order valence-corrected chi connectivity index (χ3v) is 6.19. The molecule has 0 saturated carbocycles. The Labute approximate surface area is 166 Å². The maximum atomic E-state index is 13.3. The Morgan fingerprint density at radius 3 is 2.75 bits per heavy atom. The normalized spacial score (nSPS) is 15.9. The molecule has 4 rings (SSSR count). The predicted molar refractivity (Wildman–Crippen MR) is 106 cm³/mol. The molecule has 144 valence electrons. The lowest BCUT2D eigenvalue weighted by molar-refractivity contribution is -0.121. The molecule has 1 aromatic heterocycles. The van der Waals surface area contributed by atoms with Crippen molar-refractivity contribution in [3.05, 3.63) is 76.3 Å². The van der Waals surface area contributed by atoms with E-state index in [1.165, 1.54) is 6.07 Å². The third kappa shape index (κ3) is 4.12. The van der Waals surface area contributed by atoms with Crippen LogP contribution in [0.25, 0.3) is 10.6 Å². The van der Waals surface area contributed by atoms with Gasteiger partial charge in [0.15, 0.2) is 11.6 Å². The van der Waals surface area contributed by atoms with Crippen molar-refractivity contribution in [2.24, 2.45) is 0 Å². The maximum absolute atomic E-state index is 13.3. The summed E-state index contributed by atoms with van der Waals surface area (Å²) in [6.45, 7) is 0. The number of carbonyl (C=O) groups is 1. The van der Waals surface area contributed by atoms with E-state index in [1.807, 2.05) is 30.3 Å². The van der Waals surface area contributed by atoms with Crippen molar-refractivity contribution in [3.8, 4) is 10.6 Å². The number of hydrogen-bond acceptors (Lipinski definition) is 3. The van der Waals surface area contributed by atoms with Gasteiger partial charge in [0.25, 0.3) is 0 Å². The quantitative estimate of drug-likeness (QED) is 0.641. The van der Waals surface area contributed by atoms with Gasteiger partial charge in [-0.15, -0.1) is 11.3 Å². The molecule has 0 spiro atoms. The van der Waals surface area contributed by atoms with E-state index in [9.17, 15) is 13.6 Å². The van der Waals surface area contributed by atoms with Crippen LogP contribution in [0.5, 0.6) is 0 Å². The molecule has 0 fully saturated rings. The second-order valence-electron chi connectivity index (χ2n) is 6.96. The van der Waals surface area contributed by atoms with Crippen LogP contribution in [0.1, 0.15) is 41.4 Å². The van der Waals surface area contributed by atoms with Gasteiger partial charge in [0, 0.05) is 12.0 Å². The SMILES string of the molecule is O=C(CCc1ccc(F)c(F)c1)N[C@H]1CCCc2nc(-c3ccccc3)sc21. The molecule has 3 aromatic rings. The summed E-state index contributed by atoms with van der Waals surface area (Å²) < 4.78 is 26.3. The fourth-order valence-electron chi connectivity index (χ4n) is 3.48. The molecule has 1 aliphatic carbocycles. The van der Waals surface area contributed by atoms with Crippen LogP contribution >= 0.6 is 11.3 Å². The zero-order chi connectivity index (χ0) is 19.5. The molecular formula is C22H20F2N2OS. The summed E-state index contributed by atoms with van der Waals surface area (Å²) in [5.74, 6) is -1.84. The molecule has 1 amide bonds. The molecule has 1 atom stereocenters. The van der Waals surface area contributed by atoms with Crippen LogP contribution in [-0.4, -0.2) is 10.9 Å². The van der Waals surface area contributed by atoms with Crippen LogP contribution in [0, 0.1) is 11.6 Å². The van der Waals surface area contributed by atoms with E-state index in [0.29, 0.717) is 12.0 Å². The van der Waals surface area contributed by atoms with Gasteiger partial charge in [0.2, 0.25) is 5.91 Å². The van der Waals surface area contributed by atoms with Gasteiger partial charge in [-0.05, 0) is 43.4 Å². The summed E-state index contributed by atoms with van der Waals surface area (Å²) in [7, 11) is 0. The molecule has 0 radical (unpaired) electrons. The van der Waals surface area contributed by atoms with Gasteiger partial charge >= 0.3 is 0 Å². The first-order valence-electron chi connectivity index (χ1n) is 9.38. The predicted octanol–water partition coefficient (Wildman–Crippen LogP) is 5.21. The minimum atomic E-state index is -0.882. The standard InChI is InChI=1S/C22H20F2N2OS/c23-16-11-9-14(13-17(16)24)10-12-20(27)25-18-7-4-8-19-21(18)28-22(26-19)15-5-2-1-3-6-15/h1-3,5-6,9,11,13,18H,4,7-8,10,12H2,(H,25,27)/t18-/m0/s1. The molecule has 28 heavy (non-hydrogen) atoms. The summed E-state index contributed by atoms with van der Waals surface area (Å²) in [5, 5.41) is 4.08. The van der Waals surface area contributed by atoms with Gasteiger partial charge in [-0.2, -0.15) is 0 Å².